The fraction of sp³-hybridized carbons (Fsp3) is 0.375. The molecule has 8 nitrogen and oxygen atoms in total. The van der Waals surface area contributed by atoms with Gasteiger partial charge < -0.3 is 19.3 Å². The number of hydrogen-bond acceptors (Lipinski definition) is 5. The molecule has 1 unspecified atom stereocenters. The third kappa shape index (κ3) is 3.95. The van der Waals surface area contributed by atoms with E-state index in [2.05, 4.69) is 14.9 Å². The molecule has 0 fully saturated rings. The van der Waals surface area contributed by atoms with Gasteiger partial charge in [0.25, 0.3) is 0 Å². The fourth-order valence-corrected chi connectivity index (χ4v) is 2.81. The molecule has 10 heteroatoms. The summed E-state index contributed by atoms with van der Waals surface area (Å²) in [6, 6.07) is 5.00. The van der Waals surface area contributed by atoms with Crippen molar-refractivity contribution in [1.29, 1.82) is 0 Å². The smallest absolute Gasteiger partial charge is 0.387 e. The third-order valence-corrected chi connectivity index (χ3v) is 4.13. The minimum Gasteiger partial charge on any atom is -0.480 e. The summed E-state index contributed by atoms with van der Waals surface area (Å²) in [7, 11) is 0. The van der Waals surface area contributed by atoms with Gasteiger partial charge in [-0.25, -0.2) is 4.79 Å². The van der Waals surface area contributed by atoms with Crippen molar-refractivity contribution >= 4 is 11.9 Å². The fourth-order valence-electron chi connectivity index (χ4n) is 2.81. The number of nitrogens with zero attached hydrogens (tertiary/aromatic N) is 4. The molecule has 1 N–H and O–H groups in total. The second-order valence-electron chi connectivity index (χ2n) is 5.80. The van der Waals surface area contributed by atoms with Crippen molar-refractivity contribution in [2.45, 2.75) is 38.6 Å². The first-order valence-corrected chi connectivity index (χ1v) is 7.86. The van der Waals surface area contributed by atoms with Crippen molar-refractivity contribution in [3.63, 3.8) is 0 Å². The summed E-state index contributed by atoms with van der Waals surface area (Å²) in [6.07, 6.45) is 1.88. The standard InChI is InChI=1S/C16H16F2N4O4/c17-16(18)26-11-4-1-10(2-5-11)3-6-14(23)22-8-13-20-19-9-21(13)7-12(22)15(24)25/h1-2,4-5,9,12,16H,3,6-8H2,(H,24,25). The van der Waals surface area contributed by atoms with E-state index in [1.807, 2.05) is 0 Å². The Kier molecular flexibility index (Phi) is 5.10. The zero-order chi connectivity index (χ0) is 18.7. The van der Waals surface area contributed by atoms with Crippen molar-refractivity contribution < 1.29 is 28.2 Å². The highest BCUT2D eigenvalue weighted by molar-refractivity contribution is 5.84. The van der Waals surface area contributed by atoms with Crippen molar-refractivity contribution in [1.82, 2.24) is 19.7 Å². The zero-order valence-corrected chi connectivity index (χ0v) is 13.6. The zero-order valence-electron chi connectivity index (χ0n) is 13.6. The van der Waals surface area contributed by atoms with E-state index in [1.165, 1.54) is 23.4 Å². The number of aromatic nitrogens is 3. The van der Waals surface area contributed by atoms with E-state index in [9.17, 15) is 23.5 Å². The molecule has 0 aliphatic carbocycles. The number of aliphatic carboxylic acids is 1. The van der Waals surface area contributed by atoms with Crippen molar-refractivity contribution in [2.75, 3.05) is 0 Å². The second-order valence-corrected chi connectivity index (χ2v) is 5.80. The van der Waals surface area contributed by atoms with E-state index >= 15 is 0 Å². The first-order valence-electron chi connectivity index (χ1n) is 7.86. The third-order valence-electron chi connectivity index (χ3n) is 4.13. The van der Waals surface area contributed by atoms with Gasteiger partial charge in [-0.05, 0) is 24.1 Å². The molecule has 1 aromatic heterocycles. The van der Waals surface area contributed by atoms with Crippen LogP contribution in [0.2, 0.25) is 0 Å². The number of hydrogen-bond donors (Lipinski definition) is 1. The van der Waals surface area contributed by atoms with Crippen LogP contribution in [0.4, 0.5) is 8.78 Å². The minimum absolute atomic E-state index is 0.0383. The molecule has 3 rings (SSSR count). The number of rotatable bonds is 6. The number of carboxylic acids is 1. The first kappa shape index (κ1) is 17.8. The van der Waals surface area contributed by atoms with E-state index < -0.39 is 18.6 Å². The molecular formula is C16H16F2N4O4. The SMILES string of the molecule is O=C(O)C1Cn2cnnc2CN1C(=O)CCc1ccc(OC(F)F)cc1. The summed E-state index contributed by atoms with van der Waals surface area (Å²) >= 11 is 0. The summed E-state index contributed by atoms with van der Waals surface area (Å²) < 4.78 is 30.1. The molecule has 1 amide bonds. The molecule has 1 aromatic carbocycles. The monoisotopic (exact) mass is 366 g/mol. The van der Waals surface area contributed by atoms with Crippen LogP contribution < -0.4 is 4.74 Å². The number of ether oxygens (including phenoxy) is 1. The minimum atomic E-state index is -2.89. The molecule has 1 aliphatic heterocycles. The van der Waals surface area contributed by atoms with E-state index in [-0.39, 0.29) is 31.2 Å². The summed E-state index contributed by atoms with van der Waals surface area (Å²) in [5.74, 6) is -0.841. The van der Waals surface area contributed by atoms with Crippen LogP contribution in [-0.2, 0) is 29.1 Å². The summed E-state index contributed by atoms with van der Waals surface area (Å²) in [6.45, 7) is -2.71. The number of aryl methyl sites for hydroxylation is 1. The molecule has 0 bridgehead atoms. The van der Waals surface area contributed by atoms with Crippen molar-refractivity contribution in [3.8, 4) is 5.75 Å². The highest BCUT2D eigenvalue weighted by Gasteiger charge is 2.35. The van der Waals surface area contributed by atoms with Gasteiger partial charge in [0, 0.05) is 6.42 Å². The quantitative estimate of drug-likeness (QED) is 0.828. The lowest BCUT2D eigenvalue weighted by Gasteiger charge is -2.33. The molecule has 2 heterocycles. The van der Waals surface area contributed by atoms with Crippen LogP contribution >= 0.6 is 0 Å². The Morgan fingerprint density at radius 2 is 2.04 bits per heavy atom. The van der Waals surface area contributed by atoms with Gasteiger partial charge in [0.1, 0.15) is 18.1 Å². The molecule has 0 saturated heterocycles. The van der Waals surface area contributed by atoms with Crippen LogP contribution in [-0.4, -0.2) is 49.3 Å². The van der Waals surface area contributed by atoms with Crippen LogP contribution in [0.25, 0.3) is 0 Å². The molecule has 0 saturated carbocycles. The number of fused-ring (bicyclic) bond motifs is 1. The van der Waals surface area contributed by atoms with Crippen molar-refractivity contribution in [2.24, 2.45) is 0 Å². The summed E-state index contributed by atoms with van der Waals surface area (Å²) in [5, 5.41) is 17.0. The normalized spacial score (nSPS) is 16.4. The number of halogens is 2. The predicted molar refractivity (Wildman–Crippen MR) is 83.4 cm³/mol. The van der Waals surface area contributed by atoms with Crippen LogP contribution in [0.1, 0.15) is 17.8 Å². The lowest BCUT2D eigenvalue weighted by molar-refractivity contribution is -0.152. The average molecular weight is 366 g/mol. The highest BCUT2D eigenvalue weighted by atomic mass is 19.3. The van der Waals surface area contributed by atoms with Crippen LogP contribution in [0.3, 0.4) is 0 Å². The maximum atomic E-state index is 12.5. The topological polar surface area (TPSA) is 97.5 Å². The Hall–Kier alpha value is -3.04. The highest BCUT2D eigenvalue weighted by Crippen LogP contribution is 2.19. The molecule has 1 atom stereocenters. The van der Waals surface area contributed by atoms with Crippen LogP contribution in [0, 0.1) is 0 Å². The van der Waals surface area contributed by atoms with E-state index in [1.54, 1.807) is 16.7 Å². The Balaban J connectivity index is 1.62. The number of carbonyl (C=O) groups is 2. The molecular weight excluding hydrogens is 350 g/mol. The number of benzene rings is 1. The van der Waals surface area contributed by atoms with Crippen LogP contribution in [0.15, 0.2) is 30.6 Å². The Morgan fingerprint density at radius 1 is 1.31 bits per heavy atom. The van der Waals surface area contributed by atoms with Crippen LogP contribution in [0.5, 0.6) is 5.75 Å². The number of carboxylic acid groups (broad SMARTS) is 1. The molecule has 0 spiro atoms. The molecule has 26 heavy (non-hydrogen) atoms. The van der Waals surface area contributed by atoms with Gasteiger partial charge in [-0.3, -0.25) is 4.79 Å². The van der Waals surface area contributed by atoms with Crippen molar-refractivity contribution in [3.05, 3.63) is 42.0 Å². The maximum Gasteiger partial charge on any atom is 0.387 e. The average Bonchev–Trinajstić information content (AvgIpc) is 3.06. The van der Waals surface area contributed by atoms with E-state index in [4.69, 9.17) is 0 Å². The Labute approximate surface area is 147 Å². The molecule has 0 radical (unpaired) electrons. The summed E-state index contributed by atoms with van der Waals surface area (Å²) in [5.41, 5.74) is 0.756. The first-order chi connectivity index (χ1) is 12.4. The maximum absolute atomic E-state index is 12.5. The van der Waals surface area contributed by atoms with Gasteiger partial charge in [0.2, 0.25) is 5.91 Å². The molecule has 1 aliphatic rings. The van der Waals surface area contributed by atoms with Gasteiger partial charge in [0.05, 0.1) is 13.1 Å². The van der Waals surface area contributed by atoms with Gasteiger partial charge in [-0.1, -0.05) is 12.1 Å². The Morgan fingerprint density at radius 3 is 2.69 bits per heavy atom. The van der Waals surface area contributed by atoms with Gasteiger partial charge in [-0.15, -0.1) is 10.2 Å². The van der Waals surface area contributed by atoms with Gasteiger partial charge in [-0.2, -0.15) is 8.78 Å². The predicted octanol–water partition coefficient (Wildman–Crippen LogP) is 1.31. The van der Waals surface area contributed by atoms with E-state index in [0.29, 0.717) is 12.2 Å². The molecule has 2 aromatic rings. The van der Waals surface area contributed by atoms with E-state index in [0.717, 1.165) is 5.56 Å². The van der Waals surface area contributed by atoms with Gasteiger partial charge >= 0.3 is 12.6 Å². The lowest BCUT2D eigenvalue weighted by atomic mass is 10.1. The summed E-state index contributed by atoms with van der Waals surface area (Å²) in [4.78, 5) is 25.3. The Bertz CT molecular complexity index is 794. The second kappa shape index (κ2) is 7.46. The van der Waals surface area contributed by atoms with Gasteiger partial charge in [0.15, 0.2) is 5.82 Å². The molecule has 138 valence electrons. The number of carbonyl (C=O) groups excluding carboxylic acids is 1. The lowest BCUT2D eigenvalue weighted by Crippen LogP contribution is -2.50. The number of amides is 1. The largest absolute Gasteiger partial charge is 0.480 e. The number of alkyl halides is 2.